The maximum absolute atomic E-state index is 12.7. The van der Waals surface area contributed by atoms with Crippen LogP contribution in [0.1, 0.15) is 25.5 Å². The molecule has 0 aromatic carbocycles. The summed E-state index contributed by atoms with van der Waals surface area (Å²) in [5, 5.41) is 3.30. The van der Waals surface area contributed by atoms with Crippen molar-refractivity contribution in [2.24, 2.45) is 5.92 Å². The predicted octanol–water partition coefficient (Wildman–Crippen LogP) is 2.32. The first-order chi connectivity index (χ1) is 9.50. The van der Waals surface area contributed by atoms with Gasteiger partial charge in [0, 0.05) is 19.3 Å². The van der Waals surface area contributed by atoms with Crippen molar-refractivity contribution in [3.05, 3.63) is 18.0 Å². The van der Waals surface area contributed by atoms with Gasteiger partial charge in [-0.3, -0.25) is 0 Å². The molecule has 1 aromatic heterocycles. The molecule has 0 bridgehead atoms. The molecule has 1 N–H and O–H groups in total. The number of nitrogens with one attached hydrogen (secondary N) is 1. The van der Waals surface area contributed by atoms with Crippen LogP contribution in [0.4, 0.5) is 19.1 Å². The second-order valence-corrected chi connectivity index (χ2v) is 4.99. The number of piperidine rings is 1. The van der Waals surface area contributed by atoms with Gasteiger partial charge < -0.3 is 10.2 Å². The van der Waals surface area contributed by atoms with Crippen molar-refractivity contribution >= 4 is 5.95 Å². The second kappa shape index (κ2) is 6.39. The molecule has 1 saturated heterocycles. The Hall–Kier alpha value is -1.37. The number of anilines is 1. The Morgan fingerprint density at radius 2 is 2.25 bits per heavy atom. The minimum Gasteiger partial charge on any atom is -0.341 e. The average Bonchev–Trinajstić information content (AvgIpc) is 2.45. The Morgan fingerprint density at radius 3 is 2.85 bits per heavy atom. The molecule has 2 heterocycles. The van der Waals surface area contributed by atoms with E-state index in [1.165, 1.54) is 6.20 Å². The van der Waals surface area contributed by atoms with E-state index in [9.17, 15) is 13.2 Å². The number of hydrogen-bond acceptors (Lipinski definition) is 4. The first-order valence-electron chi connectivity index (χ1n) is 6.86. The normalized spacial score (nSPS) is 19.9. The number of halogens is 3. The van der Waals surface area contributed by atoms with Crippen molar-refractivity contribution in [1.29, 1.82) is 0 Å². The summed E-state index contributed by atoms with van der Waals surface area (Å²) >= 11 is 0. The smallest absolute Gasteiger partial charge is 0.341 e. The lowest BCUT2D eigenvalue weighted by Gasteiger charge is -2.29. The summed E-state index contributed by atoms with van der Waals surface area (Å²) in [5.41, 5.74) is -0.886. The minimum absolute atomic E-state index is 0.160. The molecule has 1 atom stereocenters. The van der Waals surface area contributed by atoms with Crippen LogP contribution in [0.15, 0.2) is 12.3 Å². The van der Waals surface area contributed by atoms with Crippen LogP contribution in [0.3, 0.4) is 0 Å². The van der Waals surface area contributed by atoms with E-state index in [4.69, 9.17) is 0 Å². The van der Waals surface area contributed by atoms with Gasteiger partial charge in [0.2, 0.25) is 5.95 Å². The molecule has 2 rings (SSSR count). The highest BCUT2D eigenvalue weighted by molar-refractivity contribution is 5.30. The van der Waals surface area contributed by atoms with Gasteiger partial charge in [0.15, 0.2) is 0 Å². The van der Waals surface area contributed by atoms with Gasteiger partial charge in [-0.2, -0.15) is 13.2 Å². The Bertz CT molecular complexity index is 430. The van der Waals surface area contributed by atoms with Gasteiger partial charge in [0.25, 0.3) is 0 Å². The third kappa shape index (κ3) is 3.82. The molecular formula is C13H19F3N4. The first kappa shape index (κ1) is 15.0. The molecular weight excluding hydrogens is 269 g/mol. The lowest BCUT2D eigenvalue weighted by molar-refractivity contribution is -0.141. The lowest BCUT2D eigenvalue weighted by Crippen LogP contribution is -2.39. The predicted molar refractivity (Wildman–Crippen MR) is 70.5 cm³/mol. The van der Waals surface area contributed by atoms with E-state index >= 15 is 0 Å². The van der Waals surface area contributed by atoms with Crippen LogP contribution >= 0.6 is 0 Å². The quantitative estimate of drug-likeness (QED) is 0.923. The molecule has 0 radical (unpaired) electrons. The molecule has 112 valence electrons. The Labute approximate surface area is 116 Å². The molecule has 1 aromatic rings. The van der Waals surface area contributed by atoms with Gasteiger partial charge in [-0.1, -0.05) is 0 Å². The Kier molecular flexibility index (Phi) is 4.80. The van der Waals surface area contributed by atoms with Gasteiger partial charge in [0.05, 0.1) is 0 Å². The minimum atomic E-state index is -4.43. The largest absolute Gasteiger partial charge is 0.433 e. The SMILES string of the molecule is CCN(CC1CCCNC1)c1nccc(C(F)(F)F)n1. The van der Waals surface area contributed by atoms with Crippen molar-refractivity contribution in [1.82, 2.24) is 15.3 Å². The molecule has 7 heteroatoms. The van der Waals surface area contributed by atoms with E-state index in [0.29, 0.717) is 19.0 Å². The molecule has 0 saturated carbocycles. The van der Waals surface area contributed by atoms with Gasteiger partial charge >= 0.3 is 6.18 Å². The zero-order valence-electron chi connectivity index (χ0n) is 11.5. The van der Waals surface area contributed by atoms with Crippen LogP contribution in [0.25, 0.3) is 0 Å². The van der Waals surface area contributed by atoms with Crippen LogP contribution in [0.5, 0.6) is 0 Å². The molecule has 0 aliphatic carbocycles. The summed E-state index contributed by atoms with van der Waals surface area (Å²) < 4.78 is 38.0. The van der Waals surface area contributed by atoms with Gasteiger partial charge in [-0.15, -0.1) is 0 Å². The fourth-order valence-corrected chi connectivity index (χ4v) is 2.40. The van der Waals surface area contributed by atoms with Gasteiger partial charge in [-0.25, -0.2) is 9.97 Å². The van der Waals surface area contributed by atoms with E-state index in [1.54, 1.807) is 0 Å². The highest BCUT2D eigenvalue weighted by atomic mass is 19.4. The van der Waals surface area contributed by atoms with Crippen LogP contribution in [0, 0.1) is 5.92 Å². The van der Waals surface area contributed by atoms with Crippen molar-refractivity contribution < 1.29 is 13.2 Å². The summed E-state index contributed by atoms with van der Waals surface area (Å²) in [6.45, 7) is 5.10. The summed E-state index contributed by atoms with van der Waals surface area (Å²) in [6, 6.07) is 0.902. The summed E-state index contributed by atoms with van der Waals surface area (Å²) in [4.78, 5) is 9.45. The van der Waals surface area contributed by atoms with E-state index in [1.807, 2.05) is 11.8 Å². The van der Waals surface area contributed by atoms with Crippen LogP contribution in [0.2, 0.25) is 0 Å². The molecule has 1 aliphatic rings. The maximum atomic E-state index is 12.7. The molecule has 1 fully saturated rings. The highest BCUT2D eigenvalue weighted by Gasteiger charge is 2.33. The summed E-state index contributed by atoms with van der Waals surface area (Å²) in [7, 11) is 0. The first-order valence-corrected chi connectivity index (χ1v) is 6.86. The fraction of sp³-hybridized carbons (Fsp3) is 0.692. The molecule has 0 amide bonds. The second-order valence-electron chi connectivity index (χ2n) is 4.99. The molecule has 20 heavy (non-hydrogen) atoms. The van der Waals surface area contributed by atoms with Gasteiger partial charge in [0.1, 0.15) is 5.69 Å². The Morgan fingerprint density at radius 1 is 1.45 bits per heavy atom. The van der Waals surface area contributed by atoms with Crippen LogP contribution in [-0.2, 0) is 6.18 Å². The van der Waals surface area contributed by atoms with Crippen molar-refractivity contribution in [3.8, 4) is 0 Å². The monoisotopic (exact) mass is 288 g/mol. The number of rotatable bonds is 4. The third-order valence-corrected chi connectivity index (χ3v) is 3.48. The fourth-order valence-electron chi connectivity index (χ4n) is 2.40. The van der Waals surface area contributed by atoms with E-state index in [0.717, 1.165) is 32.0 Å². The third-order valence-electron chi connectivity index (χ3n) is 3.48. The average molecular weight is 288 g/mol. The standard InChI is InChI=1S/C13H19F3N4/c1-2-20(9-10-4-3-6-17-8-10)12-18-7-5-11(19-12)13(14,15)16/h5,7,10,17H,2-4,6,8-9H2,1H3. The van der Waals surface area contributed by atoms with Crippen LogP contribution in [-0.4, -0.2) is 36.1 Å². The molecule has 1 unspecified atom stereocenters. The molecule has 4 nitrogen and oxygen atoms in total. The zero-order valence-corrected chi connectivity index (χ0v) is 11.5. The zero-order chi connectivity index (χ0) is 14.6. The number of alkyl halides is 3. The van der Waals surface area contributed by atoms with Crippen molar-refractivity contribution in [2.75, 3.05) is 31.1 Å². The molecule has 1 aliphatic heterocycles. The van der Waals surface area contributed by atoms with E-state index < -0.39 is 11.9 Å². The van der Waals surface area contributed by atoms with Crippen molar-refractivity contribution in [2.45, 2.75) is 25.9 Å². The van der Waals surface area contributed by atoms with E-state index in [2.05, 4.69) is 15.3 Å². The van der Waals surface area contributed by atoms with Crippen LogP contribution < -0.4 is 10.2 Å². The number of aromatic nitrogens is 2. The molecule has 0 spiro atoms. The summed E-state index contributed by atoms with van der Waals surface area (Å²) in [6.07, 6.45) is -1.06. The lowest BCUT2D eigenvalue weighted by atomic mass is 9.99. The van der Waals surface area contributed by atoms with Gasteiger partial charge in [-0.05, 0) is 44.8 Å². The highest BCUT2D eigenvalue weighted by Crippen LogP contribution is 2.28. The summed E-state index contributed by atoms with van der Waals surface area (Å²) in [5.74, 6) is 0.592. The maximum Gasteiger partial charge on any atom is 0.433 e. The Balaban J connectivity index is 2.10. The number of nitrogens with zero attached hydrogens (tertiary/aromatic N) is 3. The van der Waals surface area contributed by atoms with E-state index in [-0.39, 0.29) is 5.95 Å². The number of hydrogen-bond donors (Lipinski definition) is 1. The van der Waals surface area contributed by atoms with Crippen molar-refractivity contribution in [3.63, 3.8) is 0 Å². The topological polar surface area (TPSA) is 41.0 Å².